The van der Waals surface area contributed by atoms with Crippen molar-refractivity contribution in [1.82, 2.24) is 4.98 Å². The summed E-state index contributed by atoms with van der Waals surface area (Å²) in [4.78, 5) is 18.6. The third kappa shape index (κ3) is 3.92. The molecule has 4 nitrogen and oxygen atoms in total. The van der Waals surface area contributed by atoms with Gasteiger partial charge in [0.15, 0.2) is 0 Å². The molecule has 0 unspecified atom stereocenters. The van der Waals surface area contributed by atoms with Crippen LogP contribution in [0, 0.1) is 9.39 Å². The summed E-state index contributed by atoms with van der Waals surface area (Å²) in [6.07, 6.45) is 1.63. The third-order valence-corrected chi connectivity index (χ3v) is 6.40. The summed E-state index contributed by atoms with van der Waals surface area (Å²) in [5.41, 5.74) is 1.16. The molecule has 0 bridgehead atoms. The molecule has 4 rings (SSSR count). The number of fused-ring (bicyclic) bond motifs is 1. The molecule has 2 aromatic heterocycles. The van der Waals surface area contributed by atoms with Gasteiger partial charge in [-0.05, 0) is 64.4 Å². The number of hydrazone groups is 1. The zero-order valence-electron chi connectivity index (χ0n) is 13.7. The summed E-state index contributed by atoms with van der Waals surface area (Å²) in [5, 5.41) is 8.00. The Morgan fingerprint density at radius 1 is 1.19 bits per heavy atom. The number of anilines is 1. The molecule has 0 aliphatic carbocycles. The highest BCUT2D eigenvalue weighted by Crippen LogP contribution is 2.31. The maximum absolute atomic E-state index is 13.5. The summed E-state index contributed by atoms with van der Waals surface area (Å²) in [5.74, 6) is -0.623. The fraction of sp³-hybridized carbons (Fsp3) is 0. The number of hydrogen-bond donors (Lipinski definition) is 0. The molecule has 0 spiro atoms. The Morgan fingerprint density at radius 2 is 2.04 bits per heavy atom. The zero-order chi connectivity index (χ0) is 18.8. The molecular weight excluding hydrogens is 496 g/mol. The van der Waals surface area contributed by atoms with Crippen LogP contribution in [-0.2, 0) is 0 Å². The van der Waals surface area contributed by atoms with E-state index in [1.165, 1.54) is 39.8 Å². The normalized spacial score (nSPS) is 11.3. The summed E-state index contributed by atoms with van der Waals surface area (Å²) < 4.78 is 15.0. The van der Waals surface area contributed by atoms with Crippen molar-refractivity contribution in [2.24, 2.45) is 5.10 Å². The highest BCUT2D eigenvalue weighted by Gasteiger charge is 2.22. The Hall–Kier alpha value is -2.17. The van der Waals surface area contributed by atoms with Crippen molar-refractivity contribution < 1.29 is 9.18 Å². The standard InChI is InChI=1S/C19H11FIN3OS2/c20-12-7-8-16-17(10-12)27-19(23-16)24(22-11-13-4-3-9-26-13)18(25)14-5-1-2-6-15(14)21/h1-11H/b22-11+. The van der Waals surface area contributed by atoms with Gasteiger partial charge in [-0.2, -0.15) is 10.1 Å². The maximum Gasteiger partial charge on any atom is 0.281 e. The third-order valence-electron chi connectivity index (χ3n) is 3.66. The quantitative estimate of drug-likeness (QED) is 0.200. The lowest BCUT2D eigenvalue weighted by molar-refractivity contribution is 0.0987. The van der Waals surface area contributed by atoms with Crippen LogP contribution in [0.3, 0.4) is 0 Å². The van der Waals surface area contributed by atoms with E-state index >= 15 is 0 Å². The Morgan fingerprint density at radius 3 is 2.81 bits per heavy atom. The van der Waals surface area contributed by atoms with Gasteiger partial charge in [0.2, 0.25) is 5.13 Å². The SMILES string of the molecule is O=C(c1ccccc1I)N(/N=C/c1cccs1)c1nc2ccc(F)cc2s1. The van der Waals surface area contributed by atoms with E-state index < -0.39 is 0 Å². The molecule has 2 heterocycles. The van der Waals surface area contributed by atoms with E-state index in [1.807, 2.05) is 35.7 Å². The van der Waals surface area contributed by atoms with Crippen LogP contribution in [0.15, 0.2) is 65.1 Å². The number of aromatic nitrogens is 1. The number of thiophene rings is 1. The maximum atomic E-state index is 13.5. The van der Waals surface area contributed by atoms with E-state index in [0.717, 1.165) is 8.45 Å². The lowest BCUT2D eigenvalue weighted by atomic mass is 10.2. The largest absolute Gasteiger partial charge is 0.281 e. The van der Waals surface area contributed by atoms with Gasteiger partial charge < -0.3 is 0 Å². The number of carbonyl (C=O) groups is 1. The Balaban J connectivity index is 1.79. The van der Waals surface area contributed by atoms with Crippen molar-refractivity contribution in [3.05, 3.63) is 79.8 Å². The number of benzene rings is 2. The van der Waals surface area contributed by atoms with Gasteiger partial charge >= 0.3 is 0 Å². The van der Waals surface area contributed by atoms with Crippen LogP contribution in [0.4, 0.5) is 9.52 Å². The molecule has 27 heavy (non-hydrogen) atoms. The zero-order valence-corrected chi connectivity index (χ0v) is 17.5. The smallest absolute Gasteiger partial charge is 0.267 e. The minimum Gasteiger partial charge on any atom is -0.267 e. The Labute approximate surface area is 176 Å². The van der Waals surface area contributed by atoms with Crippen molar-refractivity contribution >= 4 is 72.7 Å². The second-order valence-electron chi connectivity index (χ2n) is 5.47. The van der Waals surface area contributed by atoms with Crippen LogP contribution in [0.2, 0.25) is 0 Å². The van der Waals surface area contributed by atoms with Gasteiger partial charge in [-0.1, -0.05) is 29.5 Å². The van der Waals surface area contributed by atoms with Crippen LogP contribution in [0.25, 0.3) is 10.2 Å². The number of carbonyl (C=O) groups excluding carboxylic acids is 1. The van der Waals surface area contributed by atoms with Crippen LogP contribution in [0.5, 0.6) is 0 Å². The van der Waals surface area contributed by atoms with Crippen molar-refractivity contribution in [2.45, 2.75) is 0 Å². The first-order chi connectivity index (χ1) is 13.1. The number of rotatable bonds is 4. The average molecular weight is 507 g/mol. The molecule has 0 aliphatic heterocycles. The van der Waals surface area contributed by atoms with Gasteiger partial charge in [-0.15, -0.1) is 11.3 Å². The monoisotopic (exact) mass is 507 g/mol. The predicted molar refractivity (Wildman–Crippen MR) is 117 cm³/mol. The van der Waals surface area contributed by atoms with Gasteiger partial charge in [0.1, 0.15) is 5.82 Å². The topological polar surface area (TPSA) is 45.6 Å². The highest BCUT2D eigenvalue weighted by atomic mass is 127. The van der Waals surface area contributed by atoms with E-state index in [9.17, 15) is 9.18 Å². The molecular formula is C19H11FIN3OS2. The van der Waals surface area contributed by atoms with Crippen molar-refractivity contribution in [1.29, 1.82) is 0 Å². The van der Waals surface area contributed by atoms with Gasteiger partial charge in [0, 0.05) is 8.45 Å². The van der Waals surface area contributed by atoms with E-state index in [-0.39, 0.29) is 11.7 Å². The molecule has 0 N–H and O–H groups in total. The first kappa shape index (κ1) is 18.2. The summed E-state index contributed by atoms with van der Waals surface area (Å²) >= 11 is 4.87. The first-order valence-electron chi connectivity index (χ1n) is 7.84. The number of hydrogen-bond acceptors (Lipinski definition) is 5. The van der Waals surface area contributed by atoms with E-state index in [4.69, 9.17) is 0 Å². The van der Waals surface area contributed by atoms with Gasteiger partial charge in [0.25, 0.3) is 5.91 Å². The van der Waals surface area contributed by atoms with Gasteiger partial charge in [0.05, 0.1) is 22.0 Å². The summed E-state index contributed by atoms with van der Waals surface area (Å²) in [6, 6.07) is 15.5. The van der Waals surface area contributed by atoms with Crippen LogP contribution < -0.4 is 5.01 Å². The molecule has 2 aromatic carbocycles. The van der Waals surface area contributed by atoms with Crippen molar-refractivity contribution in [3.8, 4) is 0 Å². The minimum atomic E-state index is -0.338. The average Bonchev–Trinajstić information content (AvgIpc) is 3.31. The number of nitrogens with zero attached hydrogens (tertiary/aromatic N) is 3. The Bertz CT molecular complexity index is 1140. The second-order valence-corrected chi connectivity index (χ2v) is 8.62. The highest BCUT2D eigenvalue weighted by molar-refractivity contribution is 14.1. The molecule has 0 fully saturated rings. The van der Waals surface area contributed by atoms with Crippen LogP contribution >= 0.6 is 45.3 Å². The molecule has 0 radical (unpaired) electrons. The number of thiazole rings is 1. The fourth-order valence-electron chi connectivity index (χ4n) is 2.39. The molecule has 134 valence electrons. The van der Waals surface area contributed by atoms with E-state index in [0.29, 0.717) is 20.9 Å². The molecule has 0 saturated heterocycles. The molecule has 1 amide bonds. The summed E-state index contributed by atoms with van der Waals surface area (Å²) in [6.45, 7) is 0. The lowest BCUT2D eigenvalue weighted by Gasteiger charge is -2.14. The molecule has 8 heteroatoms. The van der Waals surface area contributed by atoms with E-state index in [2.05, 4.69) is 32.7 Å². The predicted octanol–water partition coefficient (Wildman–Crippen LogP) is 5.78. The number of halogens is 2. The van der Waals surface area contributed by atoms with Gasteiger partial charge in [-0.25, -0.2) is 9.37 Å². The molecule has 0 saturated carbocycles. The fourth-order valence-corrected chi connectivity index (χ4v) is 4.54. The molecule has 0 atom stereocenters. The first-order valence-corrected chi connectivity index (χ1v) is 10.6. The minimum absolute atomic E-state index is 0.285. The molecule has 0 aliphatic rings. The van der Waals surface area contributed by atoms with Crippen molar-refractivity contribution in [3.63, 3.8) is 0 Å². The summed E-state index contributed by atoms with van der Waals surface area (Å²) in [7, 11) is 0. The second kappa shape index (κ2) is 7.83. The Kier molecular flexibility index (Phi) is 5.28. The molecule has 4 aromatic rings. The van der Waals surface area contributed by atoms with E-state index in [1.54, 1.807) is 18.3 Å². The van der Waals surface area contributed by atoms with Crippen LogP contribution in [-0.4, -0.2) is 17.1 Å². The van der Waals surface area contributed by atoms with Crippen LogP contribution in [0.1, 0.15) is 15.2 Å². The number of amides is 1. The lowest BCUT2D eigenvalue weighted by Crippen LogP contribution is -2.26. The van der Waals surface area contributed by atoms with Crippen molar-refractivity contribution in [2.75, 3.05) is 5.01 Å². The van der Waals surface area contributed by atoms with Gasteiger partial charge in [-0.3, -0.25) is 4.79 Å².